The minimum Gasteiger partial charge on any atom is -0.368 e. The van der Waals surface area contributed by atoms with Gasteiger partial charge in [0.05, 0.1) is 10.0 Å². The van der Waals surface area contributed by atoms with E-state index in [0.29, 0.717) is 23.0 Å². The second kappa shape index (κ2) is 9.23. The van der Waals surface area contributed by atoms with Gasteiger partial charge in [0.2, 0.25) is 0 Å². The fraction of sp³-hybridized carbons (Fsp3) is 0.200. The van der Waals surface area contributed by atoms with Crippen molar-refractivity contribution in [2.24, 2.45) is 0 Å². The van der Waals surface area contributed by atoms with E-state index in [1.54, 1.807) is 0 Å². The molecular formula is C25H23Cl2NO2. The standard InChI is InChI=1S/C25H23Cl2NO2/c1-30-25(29)9-3-2-6-14-28-23-13-11-17-7-4-5-8-19(17)20(23)16-24(28)18-10-12-21(26)22(27)15-18/h2,4-8,10-13,15-16,25,29H,3,9,14H2,1H3/b6-2+. The third kappa shape index (κ3) is 4.26. The highest BCUT2D eigenvalue weighted by atomic mass is 35.5. The van der Waals surface area contributed by atoms with Crippen LogP contribution in [0.25, 0.3) is 32.9 Å². The van der Waals surface area contributed by atoms with E-state index in [9.17, 15) is 5.11 Å². The average molecular weight is 440 g/mol. The molecule has 154 valence electrons. The SMILES string of the molecule is COC(O)CC/C=C/Cn1c(-c2ccc(Cl)c(Cl)c2)cc2c3ccccc3ccc21. The van der Waals surface area contributed by atoms with Crippen LogP contribution in [-0.4, -0.2) is 23.1 Å². The van der Waals surface area contributed by atoms with Crippen LogP contribution in [0.4, 0.5) is 0 Å². The van der Waals surface area contributed by atoms with Crippen LogP contribution in [0, 0.1) is 0 Å². The van der Waals surface area contributed by atoms with Crippen LogP contribution < -0.4 is 0 Å². The molecule has 0 aliphatic carbocycles. The molecule has 0 radical (unpaired) electrons. The zero-order chi connectivity index (χ0) is 21.1. The third-order valence-electron chi connectivity index (χ3n) is 5.33. The second-order valence-corrected chi connectivity index (χ2v) is 8.04. The highest BCUT2D eigenvalue weighted by Crippen LogP contribution is 2.35. The summed E-state index contributed by atoms with van der Waals surface area (Å²) in [6, 6.07) is 20.7. The van der Waals surface area contributed by atoms with E-state index in [0.717, 1.165) is 23.2 Å². The van der Waals surface area contributed by atoms with Crippen molar-refractivity contribution in [1.82, 2.24) is 4.57 Å². The molecule has 1 heterocycles. The van der Waals surface area contributed by atoms with Crippen molar-refractivity contribution in [3.8, 4) is 11.3 Å². The summed E-state index contributed by atoms with van der Waals surface area (Å²) < 4.78 is 7.17. The number of aliphatic hydroxyl groups excluding tert-OH is 1. The van der Waals surface area contributed by atoms with Crippen LogP contribution in [0.15, 0.2) is 72.8 Å². The first-order valence-electron chi connectivity index (χ1n) is 9.91. The fourth-order valence-electron chi connectivity index (χ4n) is 3.76. The molecule has 0 amide bonds. The lowest BCUT2D eigenvalue weighted by molar-refractivity contribution is -0.0773. The van der Waals surface area contributed by atoms with Gasteiger partial charge >= 0.3 is 0 Å². The maximum atomic E-state index is 9.54. The molecular weight excluding hydrogens is 417 g/mol. The molecule has 0 aliphatic heterocycles. The van der Waals surface area contributed by atoms with Gasteiger partial charge in [0.1, 0.15) is 0 Å². The van der Waals surface area contributed by atoms with E-state index >= 15 is 0 Å². The number of methoxy groups -OCH3 is 1. The Morgan fingerprint density at radius 2 is 1.80 bits per heavy atom. The Morgan fingerprint density at radius 1 is 0.967 bits per heavy atom. The van der Waals surface area contributed by atoms with Crippen LogP contribution in [0.1, 0.15) is 12.8 Å². The summed E-state index contributed by atoms with van der Waals surface area (Å²) in [5.74, 6) is 0. The molecule has 0 fully saturated rings. The Bertz CT molecular complexity index is 1210. The molecule has 30 heavy (non-hydrogen) atoms. The van der Waals surface area contributed by atoms with Crippen LogP contribution in [-0.2, 0) is 11.3 Å². The van der Waals surface area contributed by atoms with Gasteiger partial charge in [-0.1, -0.05) is 71.8 Å². The molecule has 4 aromatic rings. The molecule has 0 spiro atoms. The zero-order valence-electron chi connectivity index (χ0n) is 16.7. The van der Waals surface area contributed by atoms with Gasteiger partial charge in [-0.3, -0.25) is 0 Å². The molecule has 3 nitrogen and oxygen atoms in total. The van der Waals surface area contributed by atoms with E-state index in [-0.39, 0.29) is 0 Å². The van der Waals surface area contributed by atoms with Crippen molar-refractivity contribution in [3.63, 3.8) is 0 Å². The van der Waals surface area contributed by atoms with E-state index in [4.69, 9.17) is 27.9 Å². The van der Waals surface area contributed by atoms with Crippen molar-refractivity contribution < 1.29 is 9.84 Å². The van der Waals surface area contributed by atoms with Crippen LogP contribution in [0.2, 0.25) is 10.0 Å². The summed E-state index contributed by atoms with van der Waals surface area (Å²) in [6.45, 7) is 0.709. The molecule has 1 N–H and O–H groups in total. The minimum absolute atomic E-state index is 0.542. The lowest BCUT2D eigenvalue weighted by Crippen LogP contribution is -2.07. The third-order valence-corrected chi connectivity index (χ3v) is 6.07. The number of allylic oxidation sites excluding steroid dienone is 2. The number of aliphatic hydroxyl groups is 1. The number of ether oxygens (including phenoxy) is 1. The first-order valence-corrected chi connectivity index (χ1v) is 10.7. The Hall–Kier alpha value is -2.30. The van der Waals surface area contributed by atoms with Crippen LogP contribution in [0.3, 0.4) is 0 Å². The molecule has 4 rings (SSSR count). The number of benzene rings is 3. The van der Waals surface area contributed by atoms with Crippen molar-refractivity contribution in [2.75, 3.05) is 7.11 Å². The lowest BCUT2D eigenvalue weighted by atomic mass is 10.1. The summed E-state index contributed by atoms with van der Waals surface area (Å²) in [6.07, 6.45) is 4.80. The molecule has 1 atom stereocenters. The summed E-state index contributed by atoms with van der Waals surface area (Å²) in [7, 11) is 1.51. The predicted molar refractivity (Wildman–Crippen MR) is 126 cm³/mol. The Kier molecular flexibility index (Phi) is 6.45. The number of fused-ring (bicyclic) bond motifs is 3. The number of hydrogen-bond donors (Lipinski definition) is 1. The summed E-state index contributed by atoms with van der Waals surface area (Å²) in [5, 5.41) is 14.3. The summed E-state index contributed by atoms with van der Waals surface area (Å²) >= 11 is 12.4. The van der Waals surface area contributed by atoms with Crippen molar-refractivity contribution in [3.05, 3.63) is 82.9 Å². The van der Waals surface area contributed by atoms with Crippen LogP contribution in [0.5, 0.6) is 0 Å². The van der Waals surface area contributed by atoms with E-state index < -0.39 is 6.29 Å². The number of aromatic nitrogens is 1. The minimum atomic E-state index is -0.722. The van der Waals surface area contributed by atoms with Gasteiger partial charge in [-0.15, -0.1) is 0 Å². The zero-order valence-corrected chi connectivity index (χ0v) is 18.2. The maximum absolute atomic E-state index is 9.54. The molecule has 1 unspecified atom stereocenters. The monoisotopic (exact) mass is 439 g/mol. The highest BCUT2D eigenvalue weighted by Gasteiger charge is 2.13. The predicted octanol–water partition coefficient (Wildman–Crippen LogP) is 7.07. The summed E-state index contributed by atoms with van der Waals surface area (Å²) in [4.78, 5) is 0. The average Bonchev–Trinajstić information content (AvgIpc) is 3.14. The quantitative estimate of drug-likeness (QED) is 0.246. The second-order valence-electron chi connectivity index (χ2n) is 7.23. The Labute approximate surface area is 186 Å². The number of hydrogen-bond acceptors (Lipinski definition) is 2. The summed E-state index contributed by atoms with van der Waals surface area (Å²) in [5.41, 5.74) is 3.27. The lowest BCUT2D eigenvalue weighted by Gasteiger charge is -2.10. The van der Waals surface area contributed by atoms with E-state index in [1.807, 2.05) is 18.2 Å². The van der Waals surface area contributed by atoms with Crippen molar-refractivity contribution >= 4 is 44.9 Å². The Balaban J connectivity index is 1.78. The van der Waals surface area contributed by atoms with Gasteiger partial charge in [0, 0.05) is 36.7 Å². The molecule has 5 heteroatoms. The fourth-order valence-corrected chi connectivity index (χ4v) is 4.06. The number of nitrogens with zero attached hydrogens (tertiary/aromatic N) is 1. The number of rotatable bonds is 7. The number of halogens is 2. The van der Waals surface area contributed by atoms with Gasteiger partial charge in [0.15, 0.2) is 6.29 Å². The normalized spacial score (nSPS) is 12.9. The first-order chi connectivity index (χ1) is 14.6. The van der Waals surface area contributed by atoms with Gasteiger partial charge in [0.25, 0.3) is 0 Å². The topological polar surface area (TPSA) is 34.4 Å². The maximum Gasteiger partial charge on any atom is 0.154 e. The molecule has 1 aromatic heterocycles. The van der Waals surface area contributed by atoms with E-state index in [1.165, 1.54) is 23.3 Å². The van der Waals surface area contributed by atoms with E-state index in [2.05, 4.69) is 59.2 Å². The molecule has 0 bridgehead atoms. The largest absolute Gasteiger partial charge is 0.368 e. The van der Waals surface area contributed by atoms with Crippen LogP contribution >= 0.6 is 23.2 Å². The van der Waals surface area contributed by atoms with Gasteiger partial charge in [-0.05, 0) is 47.0 Å². The van der Waals surface area contributed by atoms with Crippen molar-refractivity contribution in [2.45, 2.75) is 25.7 Å². The highest BCUT2D eigenvalue weighted by molar-refractivity contribution is 6.42. The van der Waals surface area contributed by atoms with Gasteiger partial charge in [-0.2, -0.15) is 0 Å². The first kappa shape index (κ1) is 21.0. The molecule has 0 aliphatic rings. The smallest absolute Gasteiger partial charge is 0.154 e. The van der Waals surface area contributed by atoms with Gasteiger partial charge in [-0.25, -0.2) is 0 Å². The van der Waals surface area contributed by atoms with Gasteiger partial charge < -0.3 is 14.4 Å². The molecule has 0 saturated heterocycles. The van der Waals surface area contributed by atoms with Crippen molar-refractivity contribution in [1.29, 1.82) is 0 Å². The Morgan fingerprint density at radius 3 is 2.60 bits per heavy atom. The molecule has 0 saturated carbocycles. The molecule has 3 aromatic carbocycles.